The number of carbonyl (C=O) groups is 1. The third kappa shape index (κ3) is 3.84. The lowest BCUT2D eigenvalue weighted by Crippen LogP contribution is -2.19. The molecule has 2 rings (SSSR count). The van der Waals surface area contributed by atoms with Crippen molar-refractivity contribution in [2.75, 3.05) is 7.11 Å². The van der Waals surface area contributed by atoms with Gasteiger partial charge in [-0.05, 0) is 52.5 Å². The van der Waals surface area contributed by atoms with E-state index in [2.05, 4.69) is 15.9 Å². The van der Waals surface area contributed by atoms with E-state index in [0.29, 0.717) is 12.8 Å². The molecule has 1 heterocycles. The summed E-state index contributed by atoms with van der Waals surface area (Å²) in [6.07, 6.45) is 0.999. The van der Waals surface area contributed by atoms with Crippen LogP contribution < -0.4 is 4.74 Å². The number of aliphatic carboxylic acids is 1. The Morgan fingerprint density at radius 1 is 1.30 bits per heavy atom. The van der Waals surface area contributed by atoms with Crippen molar-refractivity contribution >= 4 is 33.2 Å². The Kier molecular flexibility index (Phi) is 5.20. The lowest BCUT2D eigenvalue weighted by Gasteiger charge is -2.14. The Morgan fingerprint density at radius 2 is 2.05 bits per heavy atom. The fourth-order valence-corrected chi connectivity index (χ4v) is 3.65. The highest BCUT2D eigenvalue weighted by Gasteiger charge is 2.21. The maximum absolute atomic E-state index is 11.5. The topological polar surface area (TPSA) is 46.5 Å². The minimum Gasteiger partial charge on any atom is -0.496 e. The van der Waals surface area contributed by atoms with E-state index in [1.807, 2.05) is 36.4 Å². The number of para-hydroxylation sites is 1. The molecule has 0 aliphatic heterocycles. The summed E-state index contributed by atoms with van der Waals surface area (Å²) in [6.45, 7) is 0. The molecule has 0 radical (unpaired) electrons. The van der Waals surface area contributed by atoms with Crippen LogP contribution in [0.5, 0.6) is 5.75 Å². The van der Waals surface area contributed by atoms with E-state index in [9.17, 15) is 9.90 Å². The summed E-state index contributed by atoms with van der Waals surface area (Å²) < 4.78 is 6.30. The highest BCUT2D eigenvalue weighted by Crippen LogP contribution is 2.27. The van der Waals surface area contributed by atoms with E-state index in [0.717, 1.165) is 20.0 Å². The summed E-state index contributed by atoms with van der Waals surface area (Å²) in [4.78, 5) is 12.5. The van der Waals surface area contributed by atoms with Crippen LogP contribution in [0.15, 0.2) is 40.2 Å². The van der Waals surface area contributed by atoms with E-state index < -0.39 is 11.9 Å². The number of rotatable bonds is 6. The molecule has 1 unspecified atom stereocenters. The second-order valence-corrected chi connectivity index (χ2v) is 7.01. The van der Waals surface area contributed by atoms with Crippen molar-refractivity contribution in [3.05, 3.63) is 50.6 Å². The van der Waals surface area contributed by atoms with Crippen LogP contribution in [0.3, 0.4) is 0 Å². The van der Waals surface area contributed by atoms with Crippen LogP contribution in [-0.4, -0.2) is 18.2 Å². The molecule has 0 aliphatic carbocycles. The lowest BCUT2D eigenvalue weighted by atomic mass is 9.95. The number of thiophene rings is 1. The molecule has 0 saturated heterocycles. The van der Waals surface area contributed by atoms with E-state index >= 15 is 0 Å². The van der Waals surface area contributed by atoms with Crippen molar-refractivity contribution in [3.63, 3.8) is 0 Å². The maximum Gasteiger partial charge on any atom is 0.307 e. The zero-order chi connectivity index (χ0) is 14.5. The van der Waals surface area contributed by atoms with Gasteiger partial charge in [0.2, 0.25) is 0 Å². The van der Waals surface area contributed by atoms with Crippen LogP contribution in [0.25, 0.3) is 0 Å². The minimum absolute atomic E-state index is 0.447. The Labute approximate surface area is 130 Å². The minimum atomic E-state index is -0.777. The largest absolute Gasteiger partial charge is 0.496 e. The highest BCUT2D eigenvalue weighted by molar-refractivity contribution is 9.11. The van der Waals surface area contributed by atoms with Gasteiger partial charge in [0.15, 0.2) is 0 Å². The highest BCUT2D eigenvalue weighted by atomic mass is 79.9. The predicted octanol–water partition coefficient (Wildman–Crippen LogP) is 4.01. The molecule has 0 fully saturated rings. The molecule has 1 aromatic heterocycles. The smallest absolute Gasteiger partial charge is 0.307 e. The van der Waals surface area contributed by atoms with Gasteiger partial charge in [-0.1, -0.05) is 18.2 Å². The SMILES string of the molecule is COc1ccccc1CC(Cc1ccc(Br)s1)C(=O)O. The summed E-state index contributed by atoms with van der Waals surface area (Å²) in [5.41, 5.74) is 0.929. The molecular weight excluding hydrogens is 340 g/mol. The van der Waals surface area contributed by atoms with Crippen LogP contribution in [0.4, 0.5) is 0 Å². The first-order valence-electron chi connectivity index (χ1n) is 6.19. The van der Waals surface area contributed by atoms with Crippen molar-refractivity contribution in [2.45, 2.75) is 12.8 Å². The zero-order valence-electron chi connectivity index (χ0n) is 11.0. The average molecular weight is 355 g/mol. The number of carboxylic acids is 1. The van der Waals surface area contributed by atoms with Gasteiger partial charge in [0.1, 0.15) is 5.75 Å². The van der Waals surface area contributed by atoms with Gasteiger partial charge in [0.25, 0.3) is 0 Å². The quantitative estimate of drug-likeness (QED) is 0.852. The second-order valence-electron chi connectivity index (χ2n) is 4.46. The zero-order valence-corrected chi connectivity index (χ0v) is 13.4. The maximum atomic E-state index is 11.5. The number of halogens is 1. The molecule has 106 valence electrons. The van der Waals surface area contributed by atoms with E-state index in [1.54, 1.807) is 18.4 Å². The van der Waals surface area contributed by atoms with Crippen molar-refractivity contribution < 1.29 is 14.6 Å². The fourth-order valence-electron chi connectivity index (χ4n) is 2.09. The Morgan fingerprint density at radius 3 is 2.65 bits per heavy atom. The third-order valence-corrected chi connectivity index (χ3v) is 4.73. The number of ether oxygens (including phenoxy) is 1. The van der Waals surface area contributed by atoms with Gasteiger partial charge in [-0.2, -0.15) is 0 Å². The van der Waals surface area contributed by atoms with Gasteiger partial charge in [-0.3, -0.25) is 4.79 Å². The van der Waals surface area contributed by atoms with Gasteiger partial charge in [0, 0.05) is 4.88 Å². The molecule has 3 nitrogen and oxygen atoms in total. The summed E-state index contributed by atoms with van der Waals surface area (Å²) in [7, 11) is 1.60. The van der Waals surface area contributed by atoms with Crippen LogP contribution in [0.2, 0.25) is 0 Å². The molecule has 0 saturated carbocycles. The van der Waals surface area contributed by atoms with E-state index in [4.69, 9.17) is 4.74 Å². The lowest BCUT2D eigenvalue weighted by molar-refractivity contribution is -0.141. The van der Waals surface area contributed by atoms with Gasteiger partial charge < -0.3 is 9.84 Å². The third-order valence-electron chi connectivity index (χ3n) is 3.08. The molecule has 20 heavy (non-hydrogen) atoms. The summed E-state index contributed by atoms with van der Waals surface area (Å²) in [5, 5.41) is 9.42. The number of benzene rings is 1. The Bertz CT molecular complexity index is 594. The molecule has 1 atom stereocenters. The molecule has 5 heteroatoms. The molecular formula is C15H15BrO3S. The van der Waals surface area contributed by atoms with Crippen molar-refractivity contribution in [2.24, 2.45) is 5.92 Å². The molecule has 2 aromatic rings. The van der Waals surface area contributed by atoms with Crippen molar-refractivity contribution in [1.29, 1.82) is 0 Å². The van der Waals surface area contributed by atoms with Gasteiger partial charge in [0.05, 0.1) is 16.8 Å². The first-order chi connectivity index (χ1) is 9.60. The van der Waals surface area contributed by atoms with E-state index in [1.165, 1.54) is 0 Å². The fraction of sp³-hybridized carbons (Fsp3) is 0.267. The monoisotopic (exact) mass is 354 g/mol. The number of carboxylic acid groups (broad SMARTS) is 1. The van der Waals surface area contributed by atoms with Crippen LogP contribution in [0, 0.1) is 5.92 Å². The average Bonchev–Trinajstić information content (AvgIpc) is 2.84. The Balaban J connectivity index is 2.15. The first kappa shape index (κ1) is 15.1. The molecule has 0 amide bonds. The number of hydrogen-bond donors (Lipinski definition) is 1. The van der Waals surface area contributed by atoms with Crippen LogP contribution in [-0.2, 0) is 17.6 Å². The van der Waals surface area contributed by atoms with Gasteiger partial charge in [-0.25, -0.2) is 0 Å². The Hall–Kier alpha value is -1.33. The van der Waals surface area contributed by atoms with Crippen molar-refractivity contribution in [3.8, 4) is 5.75 Å². The van der Waals surface area contributed by atoms with Crippen molar-refractivity contribution in [1.82, 2.24) is 0 Å². The molecule has 0 spiro atoms. The van der Waals surface area contributed by atoms with Crippen LogP contribution >= 0.6 is 27.3 Å². The number of hydrogen-bond acceptors (Lipinski definition) is 3. The summed E-state index contributed by atoms with van der Waals surface area (Å²) >= 11 is 4.98. The molecule has 1 N–H and O–H groups in total. The molecule has 0 aliphatic rings. The van der Waals surface area contributed by atoms with E-state index in [-0.39, 0.29) is 0 Å². The van der Waals surface area contributed by atoms with Crippen LogP contribution in [0.1, 0.15) is 10.4 Å². The first-order valence-corrected chi connectivity index (χ1v) is 7.80. The van der Waals surface area contributed by atoms with Gasteiger partial charge >= 0.3 is 5.97 Å². The predicted molar refractivity (Wildman–Crippen MR) is 83.5 cm³/mol. The standard InChI is InChI=1S/C15H15BrO3S/c1-19-13-5-3-2-4-10(13)8-11(15(17)18)9-12-6-7-14(16)20-12/h2-7,11H,8-9H2,1H3,(H,17,18). The van der Waals surface area contributed by atoms with Gasteiger partial charge in [-0.15, -0.1) is 11.3 Å². The summed E-state index contributed by atoms with van der Waals surface area (Å²) in [6, 6.07) is 11.5. The summed E-state index contributed by atoms with van der Waals surface area (Å²) in [5.74, 6) is -0.483. The number of methoxy groups -OCH3 is 1. The normalized spacial score (nSPS) is 12.1. The molecule has 0 bridgehead atoms. The molecule has 1 aromatic carbocycles. The second kappa shape index (κ2) is 6.90.